The highest BCUT2D eigenvalue weighted by Crippen LogP contribution is 2.19. The highest BCUT2D eigenvalue weighted by Gasteiger charge is 2.20. The predicted octanol–water partition coefficient (Wildman–Crippen LogP) is 2.50. The van der Waals surface area contributed by atoms with E-state index >= 15 is 0 Å². The van der Waals surface area contributed by atoms with Crippen LogP contribution in [-0.2, 0) is 16.0 Å². The van der Waals surface area contributed by atoms with Crippen LogP contribution < -0.4 is 0 Å². The zero-order valence-corrected chi connectivity index (χ0v) is 9.42. The van der Waals surface area contributed by atoms with Crippen molar-refractivity contribution in [2.24, 2.45) is 5.92 Å². The van der Waals surface area contributed by atoms with E-state index in [2.05, 4.69) is 0 Å². The number of halogens is 2. The molecule has 0 amide bonds. The standard InChI is InChI=1S/C13H14F2O2/c14-12-3-1-2-10(13(12)15)7-11(16)6-9-4-5-17-8-9/h1-3,9H,4-8H2. The maximum Gasteiger partial charge on any atom is 0.162 e. The number of rotatable bonds is 4. The molecular formula is C13H14F2O2. The summed E-state index contributed by atoms with van der Waals surface area (Å²) in [5, 5.41) is 0. The van der Waals surface area contributed by atoms with Crippen molar-refractivity contribution in [1.82, 2.24) is 0 Å². The number of Topliss-reactive ketones (excluding diaryl/α,β-unsaturated/α-hetero) is 1. The molecule has 1 aromatic rings. The lowest BCUT2D eigenvalue weighted by Crippen LogP contribution is -2.12. The van der Waals surface area contributed by atoms with E-state index in [1.807, 2.05) is 0 Å². The minimum atomic E-state index is -0.913. The van der Waals surface area contributed by atoms with E-state index in [0.717, 1.165) is 12.5 Å². The Bertz CT molecular complexity index is 412. The molecule has 1 saturated heterocycles. The number of ether oxygens (including phenoxy) is 1. The lowest BCUT2D eigenvalue weighted by atomic mass is 9.97. The van der Waals surface area contributed by atoms with Crippen LogP contribution in [0.25, 0.3) is 0 Å². The predicted molar refractivity (Wildman–Crippen MR) is 58.6 cm³/mol. The van der Waals surface area contributed by atoms with Gasteiger partial charge in [0.1, 0.15) is 5.78 Å². The van der Waals surface area contributed by atoms with Gasteiger partial charge in [-0.2, -0.15) is 0 Å². The summed E-state index contributed by atoms with van der Waals surface area (Å²) in [4.78, 5) is 11.7. The smallest absolute Gasteiger partial charge is 0.162 e. The van der Waals surface area contributed by atoms with E-state index in [1.54, 1.807) is 0 Å². The van der Waals surface area contributed by atoms with Crippen LogP contribution in [0.1, 0.15) is 18.4 Å². The van der Waals surface area contributed by atoms with Crippen molar-refractivity contribution in [1.29, 1.82) is 0 Å². The number of carbonyl (C=O) groups excluding carboxylic acids is 1. The third-order valence-electron chi connectivity index (χ3n) is 2.96. The monoisotopic (exact) mass is 240 g/mol. The van der Waals surface area contributed by atoms with Crippen molar-refractivity contribution in [3.05, 3.63) is 35.4 Å². The van der Waals surface area contributed by atoms with Gasteiger partial charge in [-0.3, -0.25) is 4.79 Å². The van der Waals surface area contributed by atoms with Gasteiger partial charge in [0.2, 0.25) is 0 Å². The Hall–Kier alpha value is -1.29. The summed E-state index contributed by atoms with van der Waals surface area (Å²) in [7, 11) is 0. The minimum Gasteiger partial charge on any atom is -0.381 e. The average Bonchev–Trinajstić information content (AvgIpc) is 2.77. The lowest BCUT2D eigenvalue weighted by Gasteiger charge is -2.07. The zero-order chi connectivity index (χ0) is 12.3. The van der Waals surface area contributed by atoms with Crippen LogP contribution in [0.4, 0.5) is 8.78 Å². The molecule has 1 aromatic carbocycles. The molecule has 0 spiro atoms. The Balaban J connectivity index is 1.95. The Labute approximate surface area is 98.6 Å². The molecule has 1 unspecified atom stereocenters. The molecule has 1 aliphatic rings. The molecule has 0 saturated carbocycles. The summed E-state index contributed by atoms with van der Waals surface area (Å²) in [5.74, 6) is -1.65. The van der Waals surface area contributed by atoms with Crippen molar-refractivity contribution >= 4 is 5.78 Å². The van der Waals surface area contributed by atoms with Gasteiger partial charge in [-0.1, -0.05) is 12.1 Å². The van der Waals surface area contributed by atoms with E-state index < -0.39 is 11.6 Å². The fraction of sp³-hybridized carbons (Fsp3) is 0.462. The Morgan fingerprint density at radius 1 is 1.41 bits per heavy atom. The van der Waals surface area contributed by atoms with Crippen molar-refractivity contribution < 1.29 is 18.3 Å². The maximum absolute atomic E-state index is 13.3. The Morgan fingerprint density at radius 3 is 2.94 bits per heavy atom. The van der Waals surface area contributed by atoms with Crippen LogP contribution in [0, 0.1) is 17.6 Å². The number of benzene rings is 1. The molecule has 1 fully saturated rings. The molecule has 0 radical (unpaired) electrons. The van der Waals surface area contributed by atoms with E-state index in [0.29, 0.717) is 19.6 Å². The van der Waals surface area contributed by atoms with Crippen LogP contribution in [0.2, 0.25) is 0 Å². The van der Waals surface area contributed by atoms with E-state index in [4.69, 9.17) is 4.74 Å². The van der Waals surface area contributed by atoms with Crippen LogP contribution in [0.3, 0.4) is 0 Å². The van der Waals surface area contributed by atoms with Gasteiger partial charge in [-0.25, -0.2) is 8.78 Å². The van der Waals surface area contributed by atoms with E-state index in [9.17, 15) is 13.6 Å². The van der Waals surface area contributed by atoms with Crippen LogP contribution in [0.15, 0.2) is 18.2 Å². The molecule has 4 heteroatoms. The molecule has 0 bridgehead atoms. The quantitative estimate of drug-likeness (QED) is 0.808. The van der Waals surface area contributed by atoms with Gasteiger partial charge in [-0.15, -0.1) is 0 Å². The van der Waals surface area contributed by atoms with Gasteiger partial charge in [0.05, 0.1) is 0 Å². The van der Waals surface area contributed by atoms with Crippen molar-refractivity contribution in [3.63, 3.8) is 0 Å². The molecule has 92 valence electrons. The van der Waals surface area contributed by atoms with Gasteiger partial charge >= 0.3 is 0 Å². The highest BCUT2D eigenvalue weighted by atomic mass is 19.2. The number of hydrogen-bond donors (Lipinski definition) is 0. The van der Waals surface area contributed by atoms with Crippen molar-refractivity contribution in [3.8, 4) is 0 Å². The summed E-state index contributed by atoms with van der Waals surface area (Å²) < 4.78 is 31.4. The number of hydrogen-bond acceptors (Lipinski definition) is 2. The SMILES string of the molecule is O=C(Cc1cccc(F)c1F)CC1CCOC1. The summed E-state index contributed by atoms with van der Waals surface area (Å²) in [5.41, 5.74) is 0.133. The van der Waals surface area contributed by atoms with Crippen LogP contribution >= 0.6 is 0 Å². The number of carbonyl (C=O) groups is 1. The van der Waals surface area contributed by atoms with Gasteiger partial charge in [0, 0.05) is 26.1 Å². The molecule has 1 atom stereocenters. The first-order chi connectivity index (χ1) is 8.16. The summed E-state index contributed by atoms with van der Waals surface area (Å²) >= 11 is 0. The molecule has 0 aromatic heterocycles. The van der Waals surface area contributed by atoms with Gasteiger partial charge in [0.15, 0.2) is 11.6 Å². The van der Waals surface area contributed by atoms with Crippen molar-refractivity contribution in [2.75, 3.05) is 13.2 Å². The molecule has 0 N–H and O–H groups in total. The summed E-state index contributed by atoms with van der Waals surface area (Å²) in [6.07, 6.45) is 1.22. The third-order valence-corrected chi connectivity index (χ3v) is 2.96. The first kappa shape index (κ1) is 12.2. The lowest BCUT2D eigenvalue weighted by molar-refractivity contribution is -0.119. The largest absolute Gasteiger partial charge is 0.381 e. The zero-order valence-electron chi connectivity index (χ0n) is 9.42. The second kappa shape index (κ2) is 5.36. The third kappa shape index (κ3) is 3.09. The molecular weight excluding hydrogens is 226 g/mol. The van der Waals surface area contributed by atoms with Crippen LogP contribution in [-0.4, -0.2) is 19.0 Å². The molecule has 1 aliphatic heterocycles. The van der Waals surface area contributed by atoms with Crippen molar-refractivity contribution in [2.45, 2.75) is 19.3 Å². The van der Waals surface area contributed by atoms with E-state index in [1.165, 1.54) is 12.1 Å². The summed E-state index contributed by atoms with van der Waals surface area (Å²) in [6.45, 7) is 1.28. The highest BCUT2D eigenvalue weighted by molar-refractivity contribution is 5.81. The fourth-order valence-corrected chi connectivity index (χ4v) is 2.04. The minimum absolute atomic E-state index is 0.0416. The molecule has 1 heterocycles. The van der Waals surface area contributed by atoms with Gasteiger partial charge < -0.3 is 4.74 Å². The summed E-state index contributed by atoms with van der Waals surface area (Å²) in [6, 6.07) is 3.91. The Morgan fingerprint density at radius 2 is 2.24 bits per heavy atom. The number of ketones is 1. The Kier molecular flexibility index (Phi) is 3.84. The normalized spacial score (nSPS) is 19.5. The second-order valence-electron chi connectivity index (χ2n) is 4.36. The molecule has 2 nitrogen and oxygen atoms in total. The first-order valence-electron chi connectivity index (χ1n) is 5.69. The fourth-order valence-electron chi connectivity index (χ4n) is 2.04. The molecule has 0 aliphatic carbocycles. The molecule has 2 rings (SSSR count). The first-order valence-corrected chi connectivity index (χ1v) is 5.69. The van der Waals surface area contributed by atoms with Gasteiger partial charge in [0.25, 0.3) is 0 Å². The molecule has 17 heavy (non-hydrogen) atoms. The average molecular weight is 240 g/mol. The maximum atomic E-state index is 13.3. The van der Waals surface area contributed by atoms with E-state index in [-0.39, 0.29) is 23.7 Å². The van der Waals surface area contributed by atoms with Crippen LogP contribution in [0.5, 0.6) is 0 Å². The topological polar surface area (TPSA) is 26.3 Å². The second-order valence-corrected chi connectivity index (χ2v) is 4.36. The van der Waals surface area contributed by atoms with Gasteiger partial charge in [-0.05, 0) is 24.0 Å².